The van der Waals surface area contributed by atoms with Crippen LogP contribution in [0.3, 0.4) is 0 Å². The molecule has 2 aromatic rings. The van der Waals surface area contributed by atoms with Crippen molar-refractivity contribution in [3.8, 4) is 0 Å². The molecule has 3 rings (SSSR count). The maximum atomic E-state index is 13.2. The number of hydrogen-bond acceptors (Lipinski definition) is 5. The van der Waals surface area contributed by atoms with Gasteiger partial charge in [0.15, 0.2) is 6.10 Å². The summed E-state index contributed by atoms with van der Waals surface area (Å²) in [6.07, 6.45) is 0.447. The van der Waals surface area contributed by atoms with Gasteiger partial charge in [-0.1, -0.05) is 12.1 Å². The molecule has 7 nitrogen and oxygen atoms in total. The summed E-state index contributed by atoms with van der Waals surface area (Å²) in [6, 6.07) is 10.9. The zero-order valence-electron chi connectivity index (χ0n) is 15.8. The summed E-state index contributed by atoms with van der Waals surface area (Å²) in [7, 11) is -3.67. The molecular formula is C20H21FN2O5S. The molecule has 0 bridgehead atoms. The summed E-state index contributed by atoms with van der Waals surface area (Å²) in [4.78, 5) is 24.6. The topological polar surface area (TPSA) is 92.8 Å². The minimum absolute atomic E-state index is 0.00529. The summed E-state index contributed by atoms with van der Waals surface area (Å²) in [5.41, 5.74) is 0.257. The third kappa shape index (κ3) is 4.99. The van der Waals surface area contributed by atoms with Crippen LogP contribution in [-0.2, 0) is 19.6 Å². The van der Waals surface area contributed by atoms with Crippen LogP contribution in [0.5, 0.6) is 0 Å². The van der Waals surface area contributed by atoms with Crippen molar-refractivity contribution in [3.05, 3.63) is 59.9 Å². The van der Waals surface area contributed by atoms with E-state index in [1.807, 2.05) is 0 Å². The van der Waals surface area contributed by atoms with E-state index in [0.717, 1.165) is 18.9 Å². The molecule has 154 valence electrons. The van der Waals surface area contributed by atoms with Crippen LogP contribution in [0.25, 0.3) is 0 Å². The minimum atomic E-state index is -3.67. The van der Waals surface area contributed by atoms with Crippen LogP contribution < -0.4 is 5.32 Å². The van der Waals surface area contributed by atoms with E-state index in [1.165, 1.54) is 53.7 Å². The second-order valence-electron chi connectivity index (χ2n) is 6.69. The fraction of sp³-hybridized carbons (Fsp3) is 0.300. The number of carbonyl (C=O) groups is 2. The Kier molecular flexibility index (Phi) is 6.29. The van der Waals surface area contributed by atoms with Gasteiger partial charge < -0.3 is 10.1 Å². The van der Waals surface area contributed by atoms with Gasteiger partial charge in [0.1, 0.15) is 5.82 Å². The Bertz CT molecular complexity index is 1020. The summed E-state index contributed by atoms with van der Waals surface area (Å²) >= 11 is 0. The quantitative estimate of drug-likeness (QED) is 0.726. The van der Waals surface area contributed by atoms with E-state index in [-0.39, 0.29) is 16.1 Å². The monoisotopic (exact) mass is 420 g/mol. The summed E-state index contributed by atoms with van der Waals surface area (Å²) in [5, 5.41) is 2.45. The largest absolute Gasteiger partial charge is 0.449 e. The highest BCUT2D eigenvalue weighted by atomic mass is 32.2. The third-order valence-electron chi connectivity index (χ3n) is 4.52. The number of hydrogen-bond donors (Lipinski definition) is 1. The van der Waals surface area contributed by atoms with E-state index >= 15 is 0 Å². The zero-order valence-corrected chi connectivity index (χ0v) is 16.6. The summed E-state index contributed by atoms with van der Waals surface area (Å²) in [6.45, 7) is 2.28. The van der Waals surface area contributed by atoms with Crippen LogP contribution in [-0.4, -0.2) is 43.8 Å². The van der Waals surface area contributed by atoms with Gasteiger partial charge in [-0.15, -0.1) is 0 Å². The molecule has 1 fully saturated rings. The second-order valence-corrected chi connectivity index (χ2v) is 8.62. The molecule has 1 unspecified atom stereocenters. The van der Waals surface area contributed by atoms with Crippen LogP contribution in [0.4, 0.5) is 10.1 Å². The van der Waals surface area contributed by atoms with Gasteiger partial charge in [0.05, 0.1) is 10.5 Å². The second kappa shape index (κ2) is 8.71. The number of anilines is 1. The highest BCUT2D eigenvalue weighted by Crippen LogP contribution is 2.22. The summed E-state index contributed by atoms with van der Waals surface area (Å²) in [5.74, 6) is -1.97. The number of nitrogens with zero attached hydrogens (tertiary/aromatic N) is 1. The normalized spacial score (nSPS) is 15.7. The van der Waals surface area contributed by atoms with Gasteiger partial charge in [-0.3, -0.25) is 4.79 Å². The molecule has 1 amide bonds. The van der Waals surface area contributed by atoms with E-state index in [2.05, 4.69) is 5.32 Å². The molecule has 1 saturated heterocycles. The van der Waals surface area contributed by atoms with Gasteiger partial charge in [0.2, 0.25) is 10.0 Å². The first-order chi connectivity index (χ1) is 13.8. The average molecular weight is 420 g/mol. The Morgan fingerprint density at radius 1 is 1.10 bits per heavy atom. The van der Waals surface area contributed by atoms with Gasteiger partial charge in [-0.2, -0.15) is 4.31 Å². The fourth-order valence-electron chi connectivity index (χ4n) is 2.95. The minimum Gasteiger partial charge on any atom is -0.449 e. The van der Waals surface area contributed by atoms with Crippen molar-refractivity contribution < 1.29 is 27.1 Å². The van der Waals surface area contributed by atoms with Gasteiger partial charge in [0, 0.05) is 18.8 Å². The average Bonchev–Trinajstić information content (AvgIpc) is 3.23. The third-order valence-corrected chi connectivity index (χ3v) is 6.41. The molecule has 1 aliphatic heterocycles. The number of ether oxygens (including phenoxy) is 1. The smallest absolute Gasteiger partial charge is 0.338 e. The molecule has 9 heteroatoms. The van der Waals surface area contributed by atoms with Crippen molar-refractivity contribution in [1.29, 1.82) is 0 Å². The molecule has 2 aromatic carbocycles. The van der Waals surface area contributed by atoms with Gasteiger partial charge >= 0.3 is 5.97 Å². The lowest BCUT2D eigenvalue weighted by Gasteiger charge is -2.16. The van der Waals surface area contributed by atoms with E-state index in [4.69, 9.17) is 4.74 Å². The van der Waals surface area contributed by atoms with Crippen molar-refractivity contribution in [2.24, 2.45) is 0 Å². The molecule has 0 saturated carbocycles. The highest BCUT2D eigenvalue weighted by molar-refractivity contribution is 7.89. The predicted molar refractivity (Wildman–Crippen MR) is 104 cm³/mol. The fourth-order valence-corrected chi connectivity index (χ4v) is 4.52. The maximum absolute atomic E-state index is 13.2. The van der Waals surface area contributed by atoms with Crippen molar-refractivity contribution in [2.45, 2.75) is 30.8 Å². The molecular weight excluding hydrogens is 399 g/mol. The predicted octanol–water partition coefficient (Wildman–Crippen LogP) is 2.79. The molecule has 1 atom stereocenters. The standard InChI is InChI=1S/C20H21FN2O5S/c1-14(19(24)22-17-8-5-7-16(21)13-17)28-20(25)15-6-4-9-18(12-15)29(26,27)23-10-2-3-11-23/h4-9,12-14H,2-3,10-11H2,1H3,(H,22,24). The van der Waals surface area contributed by atoms with Crippen molar-refractivity contribution in [1.82, 2.24) is 4.31 Å². The van der Waals surface area contributed by atoms with Crippen molar-refractivity contribution in [3.63, 3.8) is 0 Å². The number of rotatable bonds is 6. The molecule has 1 N–H and O–H groups in total. The van der Waals surface area contributed by atoms with Crippen molar-refractivity contribution >= 4 is 27.6 Å². The lowest BCUT2D eigenvalue weighted by Crippen LogP contribution is -2.30. The first-order valence-corrected chi connectivity index (χ1v) is 10.6. The summed E-state index contributed by atoms with van der Waals surface area (Å²) < 4.78 is 45.0. The number of nitrogens with one attached hydrogen (secondary N) is 1. The van der Waals surface area contributed by atoms with E-state index in [0.29, 0.717) is 13.1 Å². The van der Waals surface area contributed by atoms with Crippen LogP contribution in [0, 0.1) is 5.82 Å². The first kappa shape index (κ1) is 20.9. The zero-order chi connectivity index (χ0) is 21.0. The molecule has 0 aliphatic carbocycles. The molecule has 1 heterocycles. The Morgan fingerprint density at radius 2 is 1.79 bits per heavy atom. The number of halogens is 1. The number of carbonyl (C=O) groups excluding carboxylic acids is 2. The number of esters is 1. The lowest BCUT2D eigenvalue weighted by molar-refractivity contribution is -0.123. The Hall–Kier alpha value is -2.78. The van der Waals surface area contributed by atoms with Crippen LogP contribution in [0.2, 0.25) is 0 Å². The van der Waals surface area contributed by atoms with Crippen LogP contribution in [0.15, 0.2) is 53.4 Å². The molecule has 29 heavy (non-hydrogen) atoms. The first-order valence-electron chi connectivity index (χ1n) is 9.15. The van der Waals surface area contributed by atoms with Gasteiger partial charge in [-0.05, 0) is 56.2 Å². The highest BCUT2D eigenvalue weighted by Gasteiger charge is 2.28. The van der Waals surface area contributed by atoms with E-state index in [9.17, 15) is 22.4 Å². The molecule has 0 spiro atoms. The number of benzene rings is 2. The van der Waals surface area contributed by atoms with Gasteiger partial charge in [-0.25, -0.2) is 17.6 Å². The number of sulfonamides is 1. The lowest BCUT2D eigenvalue weighted by atomic mass is 10.2. The number of amides is 1. The van der Waals surface area contributed by atoms with E-state index in [1.54, 1.807) is 0 Å². The van der Waals surface area contributed by atoms with Crippen molar-refractivity contribution in [2.75, 3.05) is 18.4 Å². The van der Waals surface area contributed by atoms with Crippen LogP contribution in [0.1, 0.15) is 30.1 Å². The Labute approximate surface area is 168 Å². The van der Waals surface area contributed by atoms with E-state index < -0.39 is 33.8 Å². The SMILES string of the molecule is CC(OC(=O)c1cccc(S(=O)(=O)N2CCCC2)c1)C(=O)Nc1cccc(F)c1. The molecule has 0 radical (unpaired) electrons. The Balaban J connectivity index is 1.68. The maximum Gasteiger partial charge on any atom is 0.338 e. The Morgan fingerprint density at radius 3 is 2.48 bits per heavy atom. The molecule has 1 aliphatic rings. The molecule has 0 aromatic heterocycles. The van der Waals surface area contributed by atoms with Gasteiger partial charge in [0.25, 0.3) is 5.91 Å². The van der Waals surface area contributed by atoms with Crippen LogP contribution >= 0.6 is 0 Å².